The SMILES string of the molecule is O=S(=O)(CC1=NCCS1)c1ccc(Cl)cc1. The smallest absolute Gasteiger partial charge is 0.184 e. The lowest BCUT2D eigenvalue weighted by Crippen LogP contribution is -2.12. The fourth-order valence-electron chi connectivity index (χ4n) is 1.35. The lowest BCUT2D eigenvalue weighted by molar-refractivity contribution is 0.600. The summed E-state index contributed by atoms with van der Waals surface area (Å²) in [6.45, 7) is 0.718. The lowest BCUT2D eigenvalue weighted by atomic mass is 10.4. The van der Waals surface area contributed by atoms with Gasteiger partial charge in [0.2, 0.25) is 0 Å². The van der Waals surface area contributed by atoms with Crippen molar-refractivity contribution in [3.8, 4) is 0 Å². The van der Waals surface area contributed by atoms with Crippen LogP contribution in [-0.4, -0.2) is 31.5 Å². The van der Waals surface area contributed by atoms with Crippen LogP contribution in [0.1, 0.15) is 0 Å². The molecule has 0 unspecified atom stereocenters. The minimum Gasteiger partial charge on any atom is -0.281 e. The fraction of sp³-hybridized carbons (Fsp3) is 0.300. The summed E-state index contributed by atoms with van der Waals surface area (Å²) in [5, 5.41) is 1.24. The zero-order valence-corrected chi connectivity index (χ0v) is 10.8. The molecule has 0 bridgehead atoms. The molecule has 2 rings (SSSR count). The molecule has 0 N–H and O–H groups in total. The maximum absolute atomic E-state index is 12.0. The van der Waals surface area contributed by atoms with Crippen LogP contribution in [0.5, 0.6) is 0 Å². The average Bonchev–Trinajstić information content (AvgIpc) is 2.70. The summed E-state index contributed by atoms with van der Waals surface area (Å²) < 4.78 is 23.9. The Morgan fingerprint density at radius 1 is 1.31 bits per heavy atom. The quantitative estimate of drug-likeness (QED) is 0.850. The summed E-state index contributed by atoms with van der Waals surface area (Å²) in [5.74, 6) is 0.880. The van der Waals surface area contributed by atoms with Gasteiger partial charge in [0.1, 0.15) is 5.75 Å². The third-order valence-corrected chi connectivity index (χ3v) is 5.21. The van der Waals surface area contributed by atoms with Crippen LogP contribution in [0.4, 0.5) is 0 Å². The molecule has 0 fully saturated rings. The molecule has 0 spiro atoms. The normalized spacial score (nSPS) is 16.2. The number of benzene rings is 1. The van der Waals surface area contributed by atoms with E-state index in [0.29, 0.717) is 15.0 Å². The number of hydrogen-bond acceptors (Lipinski definition) is 4. The number of sulfone groups is 1. The topological polar surface area (TPSA) is 46.5 Å². The highest BCUT2D eigenvalue weighted by Crippen LogP contribution is 2.19. The molecule has 1 aliphatic heterocycles. The molecule has 0 radical (unpaired) electrons. The van der Waals surface area contributed by atoms with Crippen molar-refractivity contribution < 1.29 is 8.42 Å². The summed E-state index contributed by atoms with van der Waals surface area (Å²) in [7, 11) is -3.27. The third-order valence-electron chi connectivity index (χ3n) is 2.13. The number of halogens is 1. The number of hydrogen-bond donors (Lipinski definition) is 0. The maximum Gasteiger partial charge on any atom is 0.184 e. The summed E-state index contributed by atoms with van der Waals surface area (Å²) in [4.78, 5) is 4.44. The van der Waals surface area contributed by atoms with Gasteiger partial charge in [-0.25, -0.2) is 8.42 Å². The van der Waals surface area contributed by atoms with Crippen LogP contribution >= 0.6 is 23.4 Å². The third kappa shape index (κ3) is 2.78. The number of rotatable bonds is 3. The second-order valence-corrected chi connectivity index (χ2v) is 6.93. The van der Waals surface area contributed by atoms with Crippen molar-refractivity contribution >= 4 is 38.2 Å². The Morgan fingerprint density at radius 3 is 2.56 bits per heavy atom. The average molecular weight is 276 g/mol. The molecule has 0 aromatic heterocycles. The van der Waals surface area contributed by atoms with Crippen molar-refractivity contribution in [1.82, 2.24) is 0 Å². The molecule has 1 aliphatic rings. The highest BCUT2D eigenvalue weighted by molar-refractivity contribution is 8.15. The van der Waals surface area contributed by atoms with E-state index in [4.69, 9.17) is 11.6 Å². The van der Waals surface area contributed by atoms with Gasteiger partial charge in [-0.2, -0.15) is 0 Å². The largest absolute Gasteiger partial charge is 0.281 e. The van der Waals surface area contributed by atoms with Crippen molar-refractivity contribution in [2.24, 2.45) is 4.99 Å². The van der Waals surface area contributed by atoms with Gasteiger partial charge in [0.05, 0.1) is 9.94 Å². The van der Waals surface area contributed by atoms with Crippen LogP contribution in [-0.2, 0) is 9.84 Å². The van der Waals surface area contributed by atoms with Crippen molar-refractivity contribution in [2.45, 2.75) is 4.90 Å². The molecule has 6 heteroatoms. The first-order valence-corrected chi connectivity index (χ1v) is 7.74. The Morgan fingerprint density at radius 2 is 2.00 bits per heavy atom. The van der Waals surface area contributed by atoms with Gasteiger partial charge < -0.3 is 0 Å². The monoisotopic (exact) mass is 275 g/mol. The zero-order chi connectivity index (χ0) is 11.6. The summed E-state index contributed by atoms with van der Waals surface area (Å²) in [5.41, 5.74) is 0. The van der Waals surface area contributed by atoms with Crippen molar-refractivity contribution in [3.05, 3.63) is 29.3 Å². The highest BCUT2D eigenvalue weighted by Gasteiger charge is 2.19. The van der Waals surface area contributed by atoms with E-state index in [9.17, 15) is 8.42 Å². The maximum atomic E-state index is 12.0. The molecule has 0 atom stereocenters. The van der Waals surface area contributed by atoms with Crippen LogP contribution in [0.15, 0.2) is 34.2 Å². The lowest BCUT2D eigenvalue weighted by Gasteiger charge is -2.03. The molecule has 1 heterocycles. The number of thioether (sulfide) groups is 1. The van der Waals surface area contributed by atoms with Crippen LogP contribution in [0, 0.1) is 0 Å². The molecule has 0 amide bonds. The number of nitrogens with zero attached hydrogens (tertiary/aromatic N) is 1. The molecule has 3 nitrogen and oxygen atoms in total. The van der Waals surface area contributed by atoms with Gasteiger partial charge in [-0.1, -0.05) is 11.6 Å². The molecular formula is C10H10ClNO2S2. The molecule has 0 aliphatic carbocycles. The Balaban J connectivity index is 2.21. The summed E-state index contributed by atoms with van der Waals surface area (Å²) in [6.07, 6.45) is 0. The molecule has 86 valence electrons. The summed E-state index contributed by atoms with van der Waals surface area (Å²) >= 11 is 7.22. The highest BCUT2D eigenvalue weighted by atomic mass is 35.5. The summed E-state index contributed by atoms with van der Waals surface area (Å²) in [6, 6.07) is 6.21. The first-order chi connectivity index (χ1) is 7.58. The molecule has 0 saturated heterocycles. The van der Waals surface area contributed by atoms with Gasteiger partial charge >= 0.3 is 0 Å². The molecule has 0 saturated carbocycles. The van der Waals surface area contributed by atoms with E-state index in [1.165, 1.54) is 23.9 Å². The predicted molar refractivity (Wildman–Crippen MR) is 68.3 cm³/mol. The van der Waals surface area contributed by atoms with E-state index >= 15 is 0 Å². The minimum atomic E-state index is -3.27. The van der Waals surface area contributed by atoms with Gasteiger partial charge in [0.25, 0.3) is 0 Å². The Hall–Kier alpha value is -0.520. The minimum absolute atomic E-state index is 0.000695. The van der Waals surface area contributed by atoms with Crippen LogP contribution in [0.3, 0.4) is 0 Å². The Bertz CT molecular complexity index is 508. The van der Waals surface area contributed by atoms with Gasteiger partial charge in [-0.15, -0.1) is 11.8 Å². The van der Waals surface area contributed by atoms with Crippen LogP contribution in [0.25, 0.3) is 0 Å². The van der Waals surface area contributed by atoms with Crippen molar-refractivity contribution in [1.29, 1.82) is 0 Å². The Labute approximate surface area is 104 Å². The van der Waals surface area contributed by atoms with E-state index in [2.05, 4.69) is 4.99 Å². The zero-order valence-electron chi connectivity index (χ0n) is 8.39. The molecule has 1 aromatic carbocycles. The number of aliphatic imine (C=N–C) groups is 1. The van der Waals surface area contributed by atoms with E-state index in [0.717, 1.165) is 12.3 Å². The van der Waals surface area contributed by atoms with E-state index in [1.54, 1.807) is 12.1 Å². The first kappa shape index (κ1) is 12.0. The fourth-order valence-corrected chi connectivity index (χ4v) is 4.01. The molecular weight excluding hydrogens is 266 g/mol. The second kappa shape index (κ2) is 4.77. The van der Waals surface area contributed by atoms with E-state index in [1.807, 2.05) is 0 Å². The second-order valence-electron chi connectivity index (χ2n) is 3.34. The van der Waals surface area contributed by atoms with E-state index in [-0.39, 0.29) is 5.75 Å². The van der Waals surface area contributed by atoms with Crippen molar-refractivity contribution in [2.75, 3.05) is 18.1 Å². The standard InChI is InChI=1S/C10H10ClNO2S2/c11-8-1-3-9(4-2-8)16(13,14)7-10-12-5-6-15-10/h1-4H,5-7H2. The van der Waals surface area contributed by atoms with Crippen molar-refractivity contribution in [3.63, 3.8) is 0 Å². The van der Waals surface area contributed by atoms with Crippen LogP contribution < -0.4 is 0 Å². The van der Waals surface area contributed by atoms with Gasteiger partial charge in [0, 0.05) is 17.3 Å². The molecule has 16 heavy (non-hydrogen) atoms. The Kier molecular flexibility index (Phi) is 3.56. The molecule has 1 aromatic rings. The first-order valence-electron chi connectivity index (χ1n) is 4.72. The van der Waals surface area contributed by atoms with Crippen LogP contribution in [0.2, 0.25) is 5.02 Å². The van der Waals surface area contributed by atoms with E-state index < -0.39 is 9.84 Å². The van der Waals surface area contributed by atoms with Gasteiger partial charge in [-0.3, -0.25) is 4.99 Å². The predicted octanol–water partition coefficient (Wildman–Crippen LogP) is 2.26. The van der Waals surface area contributed by atoms with Gasteiger partial charge in [-0.05, 0) is 24.3 Å². The van der Waals surface area contributed by atoms with Gasteiger partial charge in [0.15, 0.2) is 9.84 Å².